The summed E-state index contributed by atoms with van der Waals surface area (Å²) in [6, 6.07) is 8.93. The molecule has 1 amide bonds. The Bertz CT molecular complexity index is 751. The van der Waals surface area contributed by atoms with Gasteiger partial charge in [-0.25, -0.2) is 4.39 Å². The van der Waals surface area contributed by atoms with E-state index in [2.05, 4.69) is 5.32 Å². The molecule has 0 unspecified atom stereocenters. The smallest absolute Gasteiger partial charge is 0.270 e. The average molecular weight is 334 g/mol. The zero-order valence-corrected chi connectivity index (χ0v) is 12.8. The van der Waals surface area contributed by atoms with Gasteiger partial charge in [0.1, 0.15) is 18.2 Å². The van der Waals surface area contributed by atoms with E-state index in [4.69, 9.17) is 9.47 Å². The van der Waals surface area contributed by atoms with E-state index in [1.807, 2.05) is 0 Å². The number of anilines is 1. The molecule has 0 atom stereocenters. The quantitative estimate of drug-likeness (QED) is 0.477. The molecule has 126 valence electrons. The van der Waals surface area contributed by atoms with Crippen LogP contribution in [0.3, 0.4) is 0 Å². The van der Waals surface area contributed by atoms with E-state index in [9.17, 15) is 19.3 Å². The Balaban J connectivity index is 2.20. The van der Waals surface area contributed by atoms with Crippen molar-refractivity contribution in [3.05, 3.63) is 64.0 Å². The Labute approximate surface area is 137 Å². The number of nitrogens with zero attached hydrogens (tertiary/aromatic N) is 1. The number of nitrogens with one attached hydrogen (secondary N) is 1. The lowest BCUT2D eigenvalue weighted by Gasteiger charge is -2.12. The fraction of sp³-hybridized carbons (Fsp3) is 0.188. The molecule has 2 aromatic carbocycles. The van der Waals surface area contributed by atoms with Crippen LogP contribution >= 0.6 is 0 Å². The Morgan fingerprint density at radius 1 is 1.25 bits per heavy atom. The van der Waals surface area contributed by atoms with Crippen LogP contribution in [0, 0.1) is 15.9 Å². The van der Waals surface area contributed by atoms with E-state index >= 15 is 0 Å². The predicted molar refractivity (Wildman–Crippen MR) is 84.8 cm³/mol. The first kappa shape index (κ1) is 17.4. The van der Waals surface area contributed by atoms with Crippen molar-refractivity contribution in [3.8, 4) is 5.75 Å². The number of ether oxygens (including phenoxy) is 2. The number of nitro benzene ring substituents is 1. The second-order valence-electron chi connectivity index (χ2n) is 4.74. The molecule has 0 saturated heterocycles. The standard InChI is InChI=1S/C16H15FN2O5/c1-23-7-8-24-15-6-5-12(17)10-14(15)18-16(20)11-3-2-4-13(9-11)19(21)22/h2-6,9-10H,7-8H2,1H3,(H,18,20). The summed E-state index contributed by atoms with van der Waals surface area (Å²) in [5, 5.41) is 13.3. The lowest BCUT2D eigenvalue weighted by atomic mass is 10.2. The molecule has 0 aromatic heterocycles. The lowest BCUT2D eigenvalue weighted by Crippen LogP contribution is -2.14. The molecule has 7 nitrogen and oxygen atoms in total. The third kappa shape index (κ3) is 4.50. The monoisotopic (exact) mass is 334 g/mol. The summed E-state index contributed by atoms with van der Waals surface area (Å²) in [6.07, 6.45) is 0. The maximum atomic E-state index is 13.4. The van der Waals surface area contributed by atoms with Gasteiger partial charge in [0, 0.05) is 30.9 Å². The molecule has 0 saturated carbocycles. The van der Waals surface area contributed by atoms with Crippen molar-refractivity contribution in [2.45, 2.75) is 0 Å². The van der Waals surface area contributed by atoms with Crippen molar-refractivity contribution in [2.24, 2.45) is 0 Å². The molecule has 0 fully saturated rings. The van der Waals surface area contributed by atoms with Gasteiger partial charge in [0.05, 0.1) is 17.2 Å². The number of rotatable bonds is 7. The Kier molecular flexibility index (Phi) is 5.80. The number of halogens is 1. The summed E-state index contributed by atoms with van der Waals surface area (Å²) in [4.78, 5) is 22.4. The van der Waals surface area contributed by atoms with E-state index in [1.165, 1.54) is 37.4 Å². The number of amides is 1. The number of methoxy groups -OCH3 is 1. The molecular formula is C16H15FN2O5. The fourth-order valence-corrected chi connectivity index (χ4v) is 1.92. The van der Waals surface area contributed by atoms with E-state index in [0.717, 1.165) is 12.1 Å². The molecule has 2 rings (SSSR count). The minimum Gasteiger partial charge on any atom is -0.489 e. The third-order valence-corrected chi connectivity index (χ3v) is 3.05. The second kappa shape index (κ2) is 8.02. The zero-order valence-electron chi connectivity index (χ0n) is 12.8. The predicted octanol–water partition coefficient (Wildman–Crippen LogP) is 3.01. The van der Waals surface area contributed by atoms with Gasteiger partial charge >= 0.3 is 0 Å². The van der Waals surface area contributed by atoms with Crippen molar-refractivity contribution in [3.63, 3.8) is 0 Å². The van der Waals surface area contributed by atoms with Crippen molar-refractivity contribution < 1.29 is 23.6 Å². The highest BCUT2D eigenvalue weighted by Crippen LogP contribution is 2.26. The molecule has 24 heavy (non-hydrogen) atoms. The summed E-state index contributed by atoms with van der Waals surface area (Å²) >= 11 is 0. The van der Waals surface area contributed by atoms with Crippen molar-refractivity contribution >= 4 is 17.3 Å². The van der Waals surface area contributed by atoms with Crippen molar-refractivity contribution in [1.29, 1.82) is 0 Å². The van der Waals surface area contributed by atoms with Crippen molar-refractivity contribution in [2.75, 3.05) is 25.6 Å². The van der Waals surface area contributed by atoms with Crippen LogP contribution in [0.2, 0.25) is 0 Å². The van der Waals surface area contributed by atoms with Gasteiger partial charge in [0.15, 0.2) is 0 Å². The van der Waals surface area contributed by atoms with E-state index in [1.54, 1.807) is 0 Å². The van der Waals surface area contributed by atoms with Crippen LogP contribution in [0.15, 0.2) is 42.5 Å². The normalized spacial score (nSPS) is 10.2. The molecule has 0 bridgehead atoms. The summed E-state index contributed by atoms with van der Waals surface area (Å²) < 4.78 is 23.7. The zero-order chi connectivity index (χ0) is 17.5. The van der Waals surface area contributed by atoms with Gasteiger partial charge in [0.25, 0.3) is 11.6 Å². The fourth-order valence-electron chi connectivity index (χ4n) is 1.92. The van der Waals surface area contributed by atoms with Crippen LogP contribution in [0.1, 0.15) is 10.4 Å². The van der Waals surface area contributed by atoms with Crippen LogP contribution in [0.5, 0.6) is 5.75 Å². The molecule has 0 heterocycles. The second-order valence-corrected chi connectivity index (χ2v) is 4.74. The van der Waals surface area contributed by atoms with Crippen molar-refractivity contribution in [1.82, 2.24) is 0 Å². The van der Waals surface area contributed by atoms with E-state index < -0.39 is 16.6 Å². The Morgan fingerprint density at radius 2 is 2.04 bits per heavy atom. The minimum atomic E-state index is -0.610. The number of benzene rings is 2. The van der Waals surface area contributed by atoms with E-state index in [-0.39, 0.29) is 29.3 Å². The largest absolute Gasteiger partial charge is 0.489 e. The average Bonchev–Trinajstić information content (AvgIpc) is 2.57. The van der Waals surface area contributed by atoms with Gasteiger partial charge in [-0.2, -0.15) is 0 Å². The van der Waals surface area contributed by atoms with Crippen LogP contribution in [-0.2, 0) is 4.74 Å². The lowest BCUT2D eigenvalue weighted by molar-refractivity contribution is -0.384. The number of carbonyl (C=O) groups excluding carboxylic acids is 1. The highest BCUT2D eigenvalue weighted by Gasteiger charge is 2.14. The van der Waals surface area contributed by atoms with E-state index in [0.29, 0.717) is 6.61 Å². The number of hydrogen-bond donors (Lipinski definition) is 1. The third-order valence-electron chi connectivity index (χ3n) is 3.05. The first-order chi connectivity index (χ1) is 11.5. The van der Waals surface area contributed by atoms with Crippen LogP contribution in [-0.4, -0.2) is 31.2 Å². The van der Waals surface area contributed by atoms with Gasteiger partial charge in [-0.3, -0.25) is 14.9 Å². The molecule has 8 heteroatoms. The molecule has 2 aromatic rings. The topological polar surface area (TPSA) is 90.7 Å². The maximum absolute atomic E-state index is 13.4. The summed E-state index contributed by atoms with van der Waals surface area (Å²) in [6.45, 7) is 0.553. The van der Waals surface area contributed by atoms with Gasteiger partial charge < -0.3 is 14.8 Å². The number of hydrogen-bond acceptors (Lipinski definition) is 5. The molecule has 0 aliphatic rings. The minimum absolute atomic E-state index is 0.0799. The first-order valence-corrected chi connectivity index (χ1v) is 6.98. The molecule has 0 radical (unpaired) electrons. The maximum Gasteiger partial charge on any atom is 0.270 e. The summed E-state index contributed by atoms with van der Waals surface area (Å²) in [7, 11) is 1.51. The summed E-state index contributed by atoms with van der Waals surface area (Å²) in [5.74, 6) is -0.892. The number of non-ortho nitro benzene ring substituents is 1. The van der Waals surface area contributed by atoms with Crippen LogP contribution in [0.4, 0.5) is 15.8 Å². The molecule has 0 aliphatic carbocycles. The Morgan fingerprint density at radius 3 is 2.75 bits per heavy atom. The highest BCUT2D eigenvalue weighted by molar-refractivity contribution is 6.05. The molecule has 0 spiro atoms. The van der Waals surface area contributed by atoms with Gasteiger partial charge in [-0.15, -0.1) is 0 Å². The molecular weight excluding hydrogens is 319 g/mol. The van der Waals surface area contributed by atoms with Gasteiger partial charge in [-0.1, -0.05) is 6.07 Å². The van der Waals surface area contributed by atoms with Gasteiger partial charge in [-0.05, 0) is 18.2 Å². The van der Waals surface area contributed by atoms with Crippen LogP contribution in [0.25, 0.3) is 0 Å². The SMILES string of the molecule is COCCOc1ccc(F)cc1NC(=O)c1cccc([N+](=O)[O-])c1. The number of carbonyl (C=O) groups is 1. The molecule has 1 N–H and O–H groups in total. The highest BCUT2D eigenvalue weighted by atomic mass is 19.1. The first-order valence-electron chi connectivity index (χ1n) is 6.98. The Hall–Kier alpha value is -3.00. The van der Waals surface area contributed by atoms with Crippen LogP contribution < -0.4 is 10.1 Å². The number of nitro groups is 1. The molecule has 0 aliphatic heterocycles. The van der Waals surface area contributed by atoms with Gasteiger partial charge in [0.2, 0.25) is 0 Å². The summed E-state index contributed by atoms with van der Waals surface area (Å²) in [5.41, 5.74) is -0.00243.